The fraction of sp³-hybridized carbons (Fsp3) is 1.00. The second kappa shape index (κ2) is 9.47. The lowest BCUT2D eigenvalue weighted by molar-refractivity contribution is 0.0952. The Bertz CT molecular complexity index is 382. The van der Waals surface area contributed by atoms with Gasteiger partial charge in [-0.15, -0.1) is 0 Å². The van der Waals surface area contributed by atoms with Crippen molar-refractivity contribution in [2.24, 2.45) is 41.4 Å². The van der Waals surface area contributed by atoms with E-state index in [4.69, 9.17) is 0 Å². The van der Waals surface area contributed by atoms with E-state index < -0.39 is 0 Å². The predicted octanol–water partition coefficient (Wildman–Crippen LogP) is 8.40. The first-order valence-electron chi connectivity index (χ1n) is 12.8. The minimum atomic E-state index is 1.09. The molecule has 0 aromatic heterocycles. The van der Waals surface area contributed by atoms with Crippen molar-refractivity contribution in [3.05, 3.63) is 0 Å². The molecule has 0 aromatic carbocycles. The van der Waals surface area contributed by atoms with Gasteiger partial charge in [-0.3, -0.25) is 0 Å². The molecule has 4 aliphatic carbocycles. The van der Waals surface area contributed by atoms with Crippen LogP contribution in [-0.2, 0) is 0 Å². The van der Waals surface area contributed by atoms with Gasteiger partial charge in [-0.25, -0.2) is 0 Å². The van der Waals surface area contributed by atoms with Crippen LogP contribution in [0, 0.1) is 41.4 Å². The monoisotopic (exact) mass is 358 g/mol. The molecule has 0 bridgehead atoms. The van der Waals surface area contributed by atoms with Crippen molar-refractivity contribution in [2.75, 3.05) is 0 Å². The van der Waals surface area contributed by atoms with E-state index >= 15 is 0 Å². The smallest absolute Gasteiger partial charge is 0.0386 e. The van der Waals surface area contributed by atoms with Gasteiger partial charge in [-0.1, -0.05) is 58.3 Å². The van der Waals surface area contributed by atoms with Crippen LogP contribution < -0.4 is 0 Å². The third kappa shape index (κ3) is 4.70. The fourth-order valence-corrected chi connectivity index (χ4v) is 7.96. The molecule has 0 aromatic rings. The third-order valence-electron chi connectivity index (χ3n) is 9.62. The maximum Gasteiger partial charge on any atom is -0.0386 e. The molecule has 0 saturated heterocycles. The van der Waals surface area contributed by atoms with Gasteiger partial charge < -0.3 is 0 Å². The van der Waals surface area contributed by atoms with Gasteiger partial charge in [0.15, 0.2) is 0 Å². The van der Waals surface area contributed by atoms with E-state index in [9.17, 15) is 0 Å². The van der Waals surface area contributed by atoms with E-state index in [1.807, 2.05) is 0 Å². The van der Waals surface area contributed by atoms with E-state index in [0.717, 1.165) is 41.4 Å². The molecule has 0 amide bonds. The summed E-state index contributed by atoms with van der Waals surface area (Å²) in [5, 5.41) is 0. The zero-order valence-corrected chi connectivity index (χ0v) is 17.8. The van der Waals surface area contributed by atoms with Crippen molar-refractivity contribution in [1.82, 2.24) is 0 Å². The Kier molecular flexibility index (Phi) is 7.04. The van der Waals surface area contributed by atoms with Gasteiger partial charge in [0.05, 0.1) is 0 Å². The summed E-state index contributed by atoms with van der Waals surface area (Å²) in [6.07, 6.45) is 28.2. The van der Waals surface area contributed by atoms with Crippen LogP contribution in [0.15, 0.2) is 0 Å². The van der Waals surface area contributed by atoms with Crippen LogP contribution in [-0.4, -0.2) is 0 Å². The second-order valence-electron chi connectivity index (χ2n) is 11.0. The molecule has 0 aliphatic heterocycles. The highest BCUT2D eigenvalue weighted by Gasteiger charge is 2.36. The number of rotatable bonds is 5. The molecule has 0 radical (unpaired) electrons. The van der Waals surface area contributed by atoms with Crippen molar-refractivity contribution < 1.29 is 0 Å². The Morgan fingerprint density at radius 2 is 0.731 bits per heavy atom. The Morgan fingerprint density at radius 3 is 1.08 bits per heavy atom. The highest BCUT2D eigenvalue weighted by molar-refractivity contribution is 4.87. The third-order valence-corrected chi connectivity index (χ3v) is 9.62. The standard InChI is InChI=1S/C26H46/c1-2-5-20-8-10-22(11-9-20)24-16-18-26(19-17-24)25-14-12-23(13-15-25)21-6-3-4-7-21/h20-26H,2-19H2,1H3. The maximum absolute atomic E-state index is 2.37. The quantitative estimate of drug-likeness (QED) is 0.463. The summed E-state index contributed by atoms with van der Waals surface area (Å²) in [6.45, 7) is 2.37. The van der Waals surface area contributed by atoms with Crippen molar-refractivity contribution in [2.45, 2.75) is 122 Å². The van der Waals surface area contributed by atoms with Gasteiger partial charge in [0.1, 0.15) is 0 Å². The predicted molar refractivity (Wildman–Crippen MR) is 113 cm³/mol. The van der Waals surface area contributed by atoms with Gasteiger partial charge in [0.25, 0.3) is 0 Å². The van der Waals surface area contributed by atoms with E-state index in [1.54, 1.807) is 89.9 Å². The molecular formula is C26H46. The molecule has 0 spiro atoms. The molecule has 0 heterocycles. The van der Waals surface area contributed by atoms with E-state index in [2.05, 4.69) is 6.92 Å². The summed E-state index contributed by atoms with van der Waals surface area (Å²) in [4.78, 5) is 0. The minimum absolute atomic E-state index is 1.09. The van der Waals surface area contributed by atoms with Crippen LogP contribution >= 0.6 is 0 Å². The van der Waals surface area contributed by atoms with Crippen LogP contribution in [0.25, 0.3) is 0 Å². The lowest BCUT2D eigenvalue weighted by Crippen LogP contribution is -2.30. The molecule has 4 rings (SSSR count). The number of hydrogen-bond acceptors (Lipinski definition) is 0. The average Bonchev–Trinajstić information content (AvgIpc) is 3.24. The van der Waals surface area contributed by atoms with Crippen molar-refractivity contribution in [3.63, 3.8) is 0 Å². The number of hydrogen-bond donors (Lipinski definition) is 0. The SMILES string of the molecule is CCCC1CCC(C2CCC(C3CCC(C4CCCC4)CC3)CC2)CC1. The second-order valence-corrected chi connectivity index (χ2v) is 11.0. The summed E-state index contributed by atoms with van der Waals surface area (Å²) in [6, 6.07) is 0. The van der Waals surface area contributed by atoms with E-state index in [-0.39, 0.29) is 0 Å². The molecule has 4 aliphatic rings. The van der Waals surface area contributed by atoms with Crippen LogP contribution in [0.5, 0.6) is 0 Å². The molecule has 4 saturated carbocycles. The topological polar surface area (TPSA) is 0 Å². The molecule has 26 heavy (non-hydrogen) atoms. The molecule has 0 unspecified atom stereocenters. The summed E-state index contributed by atoms with van der Waals surface area (Å²) in [5.41, 5.74) is 0. The Labute approximate surface area is 164 Å². The fourth-order valence-electron chi connectivity index (χ4n) is 7.96. The zero-order chi connectivity index (χ0) is 17.8. The summed E-state index contributed by atoms with van der Waals surface area (Å²) < 4.78 is 0. The molecule has 4 fully saturated rings. The van der Waals surface area contributed by atoms with Crippen molar-refractivity contribution in [3.8, 4) is 0 Å². The van der Waals surface area contributed by atoms with Gasteiger partial charge in [0, 0.05) is 0 Å². The van der Waals surface area contributed by atoms with Gasteiger partial charge in [0.2, 0.25) is 0 Å². The highest BCUT2D eigenvalue weighted by atomic mass is 14.4. The largest absolute Gasteiger partial charge is 0.0654 e. The lowest BCUT2D eigenvalue weighted by Gasteiger charge is -2.42. The molecule has 0 heteroatoms. The molecular weight excluding hydrogens is 312 g/mol. The zero-order valence-electron chi connectivity index (χ0n) is 17.8. The molecule has 150 valence electrons. The minimum Gasteiger partial charge on any atom is -0.0654 e. The Balaban J connectivity index is 1.16. The first kappa shape index (κ1) is 19.3. The van der Waals surface area contributed by atoms with Gasteiger partial charge >= 0.3 is 0 Å². The normalized spacial score (nSPS) is 42.8. The summed E-state index contributed by atoms with van der Waals surface area (Å²) >= 11 is 0. The molecule has 0 nitrogen and oxygen atoms in total. The lowest BCUT2D eigenvalue weighted by atomic mass is 9.64. The van der Waals surface area contributed by atoms with E-state index in [0.29, 0.717) is 0 Å². The first-order valence-corrected chi connectivity index (χ1v) is 12.8. The maximum atomic E-state index is 2.37. The van der Waals surface area contributed by atoms with Crippen LogP contribution in [0.2, 0.25) is 0 Å². The first-order chi connectivity index (χ1) is 12.8. The van der Waals surface area contributed by atoms with Gasteiger partial charge in [-0.05, 0) is 106 Å². The van der Waals surface area contributed by atoms with Crippen LogP contribution in [0.1, 0.15) is 122 Å². The van der Waals surface area contributed by atoms with E-state index in [1.165, 1.54) is 25.7 Å². The van der Waals surface area contributed by atoms with Gasteiger partial charge in [-0.2, -0.15) is 0 Å². The van der Waals surface area contributed by atoms with Crippen LogP contribution in [0.4, 0.5) is 0 Å². The van der Waals surface area contributed by atoms with Crippen molar-refractivity contribution in [1.29, 1.82) is 0 Å². The van der Waals surface area contributed by atoms with Crippen LogP contribution in [0.3, 0.4) is 0 Å². The average molecular weight is 359 g/mol. The molecule has 0 atom stereocenters. The highest BCUT2D eigenvalue weighted by Crippen LogP contribution is 2.48. The summed E-state index contributed by atoms with van der Waals surface area (Å²) in [7, 11) is 0. The van der Waals surface area contributed by atoms with Crippen molar-refractivity contribution >= 4 is 0 Å². The summed E-state index contributed by atoms with van der Waals surface area (Å²) in [5.74, 6) is 7.81. The Hall–Kier alpha value is 0. The Morgan fingerprint density at radius 1 is 0.423 bits per heavy atom. The molecule has 0 N–H and O–H groups in total.